The maximum absolute atomic E-state index is 12.5. The van der Waals surface area contributed by atoms with Crippen LogP contribution in [0, 0.1) is 6.92 Å². The Bertz CT molecular complexity index is 865. The van der Waals surface area contributed by atoms with Gasteiger partial charge < -0.3 is 5.32 Å². The van der Waals surface area contributed by atoms with Gasteiger partial charge >= 0.3 is 0 Å². The van der Waals surface area contributed by atoms with Gasteiger partial charge in [0, 0.05) is 28.0 Å². The Labute approximate surface area is 158 Å². The molecule has 2 aromatic carbocycles. The molecular formula is C18H15BrClN3O2. The molecule has 0 saturated heterocycles. The summed E-state index contributed by atoms with van der Waals surface area (Å²) >= 11 is 9.34. The topological polar surface area (TPSA) is 61.8 Å². The highest BCUT2D eigenvalue weighted by molar-refractivity contribution is 9.10. The number of nitrogens with one attached hydrogen (secondary N) is 1. The first kappa shape index (κ1) is 17.6. The van der Waals surface area contributed by atoms with Crippen LogP contribution in [0.5, 0.6) is 0 Å². The van der Waals surface area contributed by atoms with E-state index in [1.165, 1.54) is 5.01 Å². The van der Waals surface area contributed by atoms with Crippen molar-refractivity contribution in [3.8, 4) is 0 Å². The lowest BCUT2D eigenvalue weighted by atomic mass is 10.1. The Hall–Kier alpha value is -2.18. The second-order valence-electron chi connectivity index (χ2n) is 5.64. The first-order valence-corrected chi connectivity index (χ1v) is 8.84. The van der Waals surface area contributed by atoms with Gasteiger partial charge in [-0.1, -0.05) is 33.6 Å². The van der Waals surface area contributed by atoms with Crippen molar-refractivity contribution in [2.75, 3.05) is 10.3 Å². The van der Waals surface area contributed by atoms with E-state index >= 15 is 0 Å². The molecule has 0 atom stereocenters. The summed E-state index contributed by atoms with van der Waals surface area (Å²) in [6.45, 7) is 1.88. The summed E-state index contributed by atoms with van der Waals surface area (Å²) in [7, 11) is 0. The van der Waals surface area contributed by atoms with Gasteiger partial charge in [0.05, 0.1) is 5.69 Å². The summed E-state index contributed by atoms with van der Waals surface area (Å²) in [5.74, 6) is -0.474. The van der Waals surface area contributed by atoms with Crippen molar-refractivity contribution < 1.29 is 9.59 Å². The third-order valence-corrected chi connectivity index (χ3v) is 4.58. The van der Waals surface area contributed by atoms with Crippen molar-refractivity contribution in [2.45, 2.75) is 19.8 Å². The van der Waals surface area contributed by atoms with Gasteiger partial charge in [-0.15, -0.1) is 0 Å². The van der Waals surface area contributed by atoms with Crippen LogP contribution in [0.15, 0.2) is 52.0 Å². The molecule has 0 spiro atoms. The minimum Gasteiger partial charge on any atom is -0.321 e. The fourth-order valence-electron chi connectivity index (χ4n) is 2.42. The average Bonchev–Trinajstić information content (AvgIpc) is 2.59. The summed E-state index contributed by atoms with van der Waals surface area (Å²) < 4.78 is 0.902. The van der Waals surface area contributed by atoms with Crippen molar-refractivity contribution in [1.82, 2.24) is 0 Å². The molecule has 0 saturated carbocycles. The molecule has 7 heteroatoms. The van der Waals surface area contributed by atoms with E-state index in [4.69, 9.17) is 11.6 Å². The molecule has 1 heterocycles. The predicted octanol–water partition coefficient (Wildman–Crippen LogP) is 4.53. The standard InChI is InChI=1S/C18H15BrClN3O2/c1-11-2-5-13(20)10-16(11)21-18(25)15-8-9-17(24)23(22-15)14-6-3-12(19)4-7-14/h2-7,10H,8-9H2,1H3,(H,21,25). The van der Waals surface area contributed by atoms with Crippen LogP contribution in [0.1, 0.15) is 18.4 Å². The lowest BCUT2D eigenvalue weighted by molar-refractivity contribution is -0.118. The molecule has 0 radical (unpaired) electrons. The molecule has 0 aromatic heterocycles. The van der Waals surface area contributed by atoms with Crippen LogP contribution >= 0.6 is 27.5 Å². The molecule has 128 valence electrons. The van der Waals surface area contributed by atoms with Crippen molar-refractivity contribution in [1.29, 1.82) is 0 Å². The fraction of sp³-hybridized carbons (Fsp3) is 0.167. The zero-order valence-corrected chi connectivity index (χ0v) is 15.8. The maximum atomic E-state index is 12.5. The number of nitrogens with zero attached hydrogens (tertiary/aromatic N) is 2. The van der Waals surface area contributed by atoms with Crippen molar-refractivity contribution >= 4 is 56.4 Å². The lowest BCUT2D eigenvalue weighted by Gasteiger charge is -2.23. The van der Waals surface area contributed by atoms with E-state index in [9.17, 15) is 9.59 Å². The van der Waals surface area contributed by atoms with Crippen LogP contribution < -0.4 is 10.3 Å². The molecule has 0 fully saturated rings. The Balaban J connectivity index is 1.84. The number of carbonyl (C=O) groups is 2. The number of hydrazone groups is 1. The molecule has 25 heavy (non-hydrogen) atoms. The van der Waals surface area contributed by atoms with Gasteiger partial charge in [0.1, 0.15) is 5.71 Å². The molecule has 1 aliphatic rings. The predicted molar refractivity (Wildman–Crippen MR) is 103 cm³/mol. The number of rotatable bonds is 3. The van der Waals surface area contributed by atoms with Crippen LogP contribution in [-0.4, -0.2) is 17.5 Å². The molecule has 5 nitrogen and oxygen atoms in total. The number of amides is 2. The number of carbonyl (C=O) groups excluding carboxylic acids is 2. The number of anilines is 2. The first-order valence-electron chi connectivity index (χ1n) is 7.67. The van der Waals surface area contributed by atoms with E-state index in [2.05, 4.69) is 26.3 Å². The maximum Gasteiger partial charge on any atom is 0.271 e. The summed E-state index contributed by atoms with van der Waals surface area (Å²) in [5, 5.41) is 8.88. The average molecular weight is 421 g/mol. The molecule has 2 aromatic rings. The Morgan fingerprint density at radius 1 is 1.20 bits per heavy atom. The smallest absolute Gasteiger partial charge is 0.271 e. The summed E-state index contributed by atoms with van der Waals surface area (Å²) in [5.41, 5.74) is 2.46. The molecule has 1 N–H and O–H groups in total. The minimum absolute atomic E-state index is 0.141. The summed E-state index contributed by atoms with van der Waals surface area (Å²) in [6.07, 6.45) is 0.536. The van der Waals surface area contributed by atoms with Crippen LogP contribution in [0.2, 0.25) is 5.02 Å². The zero-order chi connectivity index (χ0) is 18.0. The highest BCUT2D eigenvalue weighted by Gasteiger charge is 2.25. The van der Waals surface area contributed by atoms with E-state index in [1.54, 1.807) is 24.3 Å². The van der Waals surface area contributed by atoms with Crippen molar-refractivity contribution in [3.63, 3.8) is 0 Å². The monoisotopic (exact) mass is 419 g/mol. The molecule has 1 aliphatic heterocycles. The van der Waals surface area contributed by atoms with Gasteiger partial charge in [0.2, 0.25) is 5.91 Å². The Morgan fingerprint density at radius 3 is 2.64 bits per heavy atom. The molecule has 2 amide bonds. The normalized spacial score (nSPS) is 14.3. The van der Waals surface area contributed by atoms with Gasteiger partial charge in [0.25, 0.3) is 5.91 Å². The summed E-state index contributed by atoms with van der Waals surface area (Å²) in [6, 6.07) is 12.5. The van der Waals surface area contributed by atoms with E-state index in [-0.39, 0.29) is 18.2 Å². The van der Waals surface area contributed by atoms with Gasteiger partial charge in [-0.3, -0.25) is 9.59 Å². The highest BCUT2D eigenvalue weighted by atomic mass is 79.9. The summed E-state index contributed by atoms with van der Waals surface area (Å²) in [4.78, 5) is 24.7. The van der Waals surface area contributed by atoms with E-state index in [0.29, 0.717) is 28.5 Å². The quantitative estimate of drug-likeness (QED) is 0.793. The zero-order valence-electron chi connectivity index (χ0n) is 13.4. The Morgan fingerprint density at radius 2 is 1.92 bits per heavy atom. The third kappa shape index (κ3) is 4.08. The van der Waals surface area contributed by atoms with Crippen LogP contribution in [0.25, 0.3) is 0 Å². The van der Waals surface area contributed by atoms with Crippen LogP contribution in [-0.2, 0) is 9.59 Å². The number of benzene rings is 2. The Kier molecular flexibility index (Phi) is 5.20. The number of halogens is 2. The highest BCUT2D eigenvalue weighted by Crippen LogP contribution is 2.24. The van der Waals surface area contributed by atoms with E-state index < -0.39 is 0 Å². The van der Waals surface area contributed by atoms with Gasteiger partial charge in [-0.2, -0.15) is 5.10 Å². The van der Waals surface area contributed by atoms with Crippen molar-refractivity contribution in [3.05, 3.63) is 57.5 Å². The second-order valence-corrected chi connectivity index (χ2v) is 6.99. The number of hydrogen-bond donors (Lipinski definition) is 1. The molecule has 3 rings (SSSR count). The minimum atomic E-state index is -0.333. The number of hydrogen-bond acceptors (Lipinski definition) is 3. The molecule has 0 bridgehead atoms. The van der Waals surface area contributed by atoms with E-state index in [1.807, 2.05) is 25.1 Å². The third-order valence-electron chi connectivity index (χ3n) is 3.81. The van der Waals surface area contributed by atoms with Crippen LogP contribution in [0.3, 0.4) is 0 Å². The van der Waals surface area contributed by atoms with E-state index in [0.717, 1.165) is 10.0 Å². The van der Waals surface area contributed by atoms with Crippen LogP contribution in [0.4, 0.5) is 11.4 Å². The lowest BCUT2D eigenvalue weighted by Crippen LogP contribution is -2.36. The second kappa shape index (κ2) is 7.37. The first-order chi connectivity index (χ1) is 11.9. The fourth-order valence-corrected chi connectivity index (χ4v) is 2.86. The molecule has 0 unspecified atom stereocenters. The van der Waals surface area contributed by atoms with Gasteiger partial charge in [0.15, 0.2) is 0 Å². The number of aryl methyl sites for hydroxylation is 1. The molecule has 0 aliphatic carbocycles. The SMILES string of the molecule is Cc1ccc(Cl)cc1NC(=O)C1=NN(c2ccc(Br)cc2)C(=O)CC1. The van der Waals surface area contributed by atoms with Gasteiger partial charge in [-0.05, 0) is 48.9 Å². The van der Waals surface area contributed by atoms with Crippen molar-refractivity contribution in [2.24, 2.45) is 5.10 Å². The van der Waals surface area contributed by atoms with Gasteiger partial charge in [-0.25, -0.2) is 5.01 Å². The largest absolute Gasteiger partial charge is 0.321 e. The molecular weight excluding hydrogens is 406 g/mol.